The van der Waals surface area contributed by atoms with E-state index < -0.39 is 0 Å². The van der Waals surface area contributed by atoms with Gasteiger partial charge in [0.15, 0.2) is 0 Å². The Bertz CT molecular complexity index is 1690. The van der Waals surface area contributed by atoms with Gasteiger partial charge in [-0.2, -0.15) is 0 Å². The number of aryl methyl sites for hydroxylation is 1. The van der Waals surface area contributed by atoms with Crippen LogP contribution < -0.4 is 15.1 Å². The van der Waals surface area contributed by atoms with Gasteiger partial charge in [-0.3, -0.25) is 9.69 Å². The summed E-state index contributed by atoms with van der Waals surface area (Å²) in [5, 5.41) is 0.683. The molecular weight excluding hydrogens is 569 g/mol. The second-order valence-electron chi connectivity index (χ2n) is 14.1. The number of hydrogen-bond donors (Lipinski definition) is 0. The zero-order chi connectivity index (χ0) is 31.5. The lowest BCUT2D eigenvalue weighted by Crippen LogP contribution is -2.31. The van der Waals surface area contributed by atoms with Gasteiger partial charge < -0.3 is 14.1 Å². The standard InChI is InChI=1S/C38H48BN5O2/c1-3-4-5-6-9-32-35-33(18-23-43(36(35)45)26-29-12-10-28(11-13-29)25-42-21-7-8-22-42)41-37(40-32)44(39-34-24-38(34)19-20-38)27-30-14-16-31(46-2)17-15-30/h10-18,23,34,39H,3-9,19-22,24-27H2,1-2H3. The fraction of sp³-hybridized carbons (Fsp3) is 0.500. The summed E-state index contributed by atoms with van der Waals surface area (Å²) in [5.74, 6) is 2.31. The lowest BCUT2D eigenvalue weighted by Gasteiger charge is -2.24. The van der Waals surface area contributed by atoms with E-state index in [0.29, 0.717) is 23.2 Å². The molecular formula is C38H48BN5O2. The van der Waals surface area contributed by atoms with Gasteiger partial charge in [0, 0.05) is 19.3 Å². The molecule has 0 N–H and O–H groups in total. The lowest BCUT2D eigenvalue weighted by molar-refractivity contribution is 0.331. The molecule has 0 radical (unpaired) electrons. The van der Waals surface area contributed by atoms with Crippen LogP contribution in [0.25, 0.3) is 10.9 Å². The Hall–Kier alpha value is -3.65. The summed E-state index contributed by atoms with van der Waals surface area (Å²) in [6.07, 6.45) is 13.9. The first kappa shape index (κ1) is 31.0. The smallest absolute Gasteiger partial charge is 0.262 e. The third-order valence-electron chi connectivity index (χ3n) is 10.6. The molecule has 1 unspecified atom stereocenters. The molecule has 3 aliphatic rings. The van der Waals surface area contributed by atoms with Crippen molar-refractivity contribution in [1.29, 1.82) is 0 Å². The van der Waals surface area contributed by atoms with Crippen molar-refractivity contribution in [3.05, 3.63) is 93.5 Å². The van der Waals surface area contributed by atoms with Gasteiger partial charge in [-0.1, -0.05) is 62.6 Å². The highest BCUT2D eigenvalue weighted by Gasteiger charge is 2.62. The lowest BCUT2D eigenvalue weighted by atomic mass is 9.81. The van der Waals surface area contributed by atoms with Crippen LogP contribution in [0.2, 0.25) is 5.82 Å². The minimum Gasteiger partial charge on any atom is -0.497 e. The Morgan fingerprint density at radius 2 is 1.63 bits per heavy atom. The molecule has 0 amide bonds. The van der Waals surface area contributed by atoms with Crippen molar-refractivity contribution in [2.24, 2.45) is 5.41 Å². The normalized spacial score (nSPS) is 18.3. The molecule has 3 heterocycles. The van der Waals surface area contributed by atoms with E-state index in [-0.39, 0.29) is 5.56 Å². The van der Waals surface area contributed by atoms with Crippen LogP contribution in [-0.2, 0) is 26.1 Å². The van der Waals surface area contributed by atoms with Crippen LogP contribution in [0.3, 0.4) is 0 Å². The first-order valence-corrected chi connectivity index (χ1v) is 17.6. The molecule has 1 saturated heterocycles. The number of anilines is 1. The first-order valence-electron chi connectivity index (χ1n) is 17.6. The Labute approximate surface area is 274 Å². The maximum absolute atomic E-state index is 14.1. The van der Waals surface area contributed by atoms with E-state index in [2.05, 4.69) is 53.0 Å². The number of hydrogen-bond acceptors (Lipinski definition) is 6. The van der Waals surface area contributed by atoms with Crippen LogP contribution in [0.1, 0.15) is 87.1 Å². The van der Waals surface area contributed by atoms with Crippen molar-refractivity contribution in [3.8, 4) is 5.75 Å². The molecule has 0 bridgehead atoms. The number of aromatic nitrogens is 3. The van der Waals surface area contributed by atoms with E-state index in [1.807, 2.05) is 29.0 Å². The number of methoxy groups -OCH3 is 1. The summed E-state index contributed by atoms with van der Waals surface area (Å²) in [6, 6.07) is 19.1. The maximum Gasteiger partial charge on any atom is 0.262 e. The van der Waals surface area contributed by atoms with Crippen LogP contribution in [-0.4, -0.2) is 47.0 Å². The predicted octanol–water partition coefficient (Wildman–Crippen LogP) is 6.90. The number of pyridine rings is 1. The Balaban J connectivity index is 1.18. The third kappa shape index (κ3) is 7.02. The zero-order valence-electron chi connectivity index (χ0n) is 27.7. The van der Waals surface area contributed by atoms with Crippen LogP contribution in [0.15, 0.2) is 65.6 Å². The molecule has 240 valence electrons. The van der Waals surface area contributed by atoms with Gasteiger partial charge in [0.25, 0.3) is 5.56 Å². The summed E-state index contributed by atoms with van der Waals surface area (Å²) in [7, 11) is 2.66. The topological polar surface area (TPSA) is 63.5 Å². The van der Waals surface area contributed by atoms with Gasteiger partial charge in [0.2, 0.25) is 13.4 Å². The minimum absolute atomic E-state index is 0.0107. The van der Waals surface area contributed by atoms with Gasteiger partial charge in [0.1, 0.15) is 5.75 Å². The molecule has 1 spiro atoms. The molecule has 3 fully saturated rings. The number of nitrogens with zero attached hydrogens (tertiary/aromatic N) is 5. The fourth-order valence-electron chi connectivity index (χ4n) is 7.45. The predicted molar refractivity (Wildman–Crippen MR) is 188 cm³/mol. The quantitative estimate of drug-likeness (QED) is 0.107. The van der Waals surface area contributed by atoms with Crippen molar-refractivity contribution in [3.63, 3.8) is 0 Å². The molecule has 8 heteroatoms. The second-order valence-corrected chi connectivity index (χ2v) is 14.1. The monoisotopic (exact) mass is 617 g/mol. The SMILES string of the molecule is CCCCCCc1nc(N(BC2CC23CC3)Cc2ccc(OC)cc2)nc2ccn(Cc3ccc(CN4CCCC4)cc3)c(=O)c12. The largest absolute Gasteiger partial charge is 0.497 e. The Kier molecular flexibility index (Phi) is 9.16. The van der Waals surface area contributed by atoms with Crippen molar-refractivity contribution in [1.82, 2.24) is 19.4 Å². The van der Waals surface area contributed by atoms with Crippen LogP contribution >= 0.6 is 0 Å². The molecule has 7 nitrogen and oxygen atoms in total. The molecule has 4 aromatic rings. The van der Waals surface area contributed by atoms with Crippen molar-refractivity contribution in [2.75, 3.05) is 25.0 Å². The average Bonchev–Trinajstić information content (AvgIpc) is 3.94. The maximum atomic E-state index is 14.1. The van der Waals surface area contributed by atoms with E-state index in [9.17, 15) is 4.79 Å². The highest BCUT2D eigenvalue weighted by Crippen LogP contribution is 2.74. The molecule has 1 aliphatic heterocycles. The van der Waals surface area contributed by atoms with Crippen LogP contribution in [0, 0.1) is 5.41 Å². The molecule has 2 aliphatic carbocycles. The number of ether oxygens (including phenoxy) is 1. The summed E-state index contributed by atoms with van der Waals surface area (Å²) in [6.45, 7) is 6.91. The van der Waals surface area contributed by atoms with Crippen LogP contribution in [0.4, 0.5) is 5.95 Å². The second kappa shape index (κ2) is 13.6. The molecule has 2 aromatic carbocycles. The Morgan fingerprint density at radius 1 is 0.913 bits per heavy atom. The van der Waals surface area contributed by atoms with E-state index in [1.54, 1.807) is 7.11 Å². The molecule has 1 atom stereocenters. The van der Waals surface area contributed by atoms with Crippen molar-refractivity contribution < 1.29 is 4.74 Å². The van der Waals surface area contributed by atoms with Gasteiger partial charge in [-0.25, -0.2) is 9.97 Å². The van der Waals surface area contributed by atoms with Gasteiger partial charge in [-0.05, 0) is 104 Å². The summed E-state index contributed by atoms with van der Waals surface area (Å²) >= 11 is 0. The average molecular weight is 618 g/mol. The van der Waals surface area contributed by atoms with Crippen molar-refractivity contribution in [2.45, 2.75) is 96.6 Å². The number of rotatable bonds is 15. The van der Waals surface area contributed by atoms with Crippen LogP contribution in [0.5, 0.6) is 5.75 Å². The fourth-order valence-corrected chi connectivity index (χ4v) is 7.45. The summed E-state index contributed by atoms with van der Waals surface area (Å²) in [4.78, 5) is 29.3. The third-order valence-corrected chi connectivity index (χ3v) is 10.6. The number of likely N-dealkylation sites (tertiary alicyclic amines) is 1. The number of fused-ring (bicyclic) bond motifs is 1. The first-order chi connectivity index (χ1) is 22.5. The van der Waals surface area contributed by atoms with E-state index in [4.69, 9.17) is 14.7 Å². The van der Waals surface area contributed by atoms with E-state index in [0.717, 1.165) is 68.2 Å². The van der Waals surface area contributed by atoms with E-state index in [1.165, 1.54) is 69.2 Å². The number of benzene rings is 2. The minimum atomic E-state index is 0.0107. The molecule has 2 aromatic heterocycles. The number of unbranched alkanes of at least 4 members (excludes halogenated alkanes) is 3. The molecule has 46 heavy (non-hydrogen) atoms. The summed E-state index contributed by atoms with van der Waals surface area (Å²) < 4.78 is 7.24. The molecule has 7 rings (SSSR count). The zero-order valence-corrected chi connectivity index (χ0v) is 27.7. The van der Waals surface area contributed by atoms with Gasteiger partial charge in [-0.15, -0.1) is 0 Å². The molecule has 2 saturated carbocycles. The van der Waals surface area contributed by atoms with Gasteiger partial charge in [0.05, 0.1) is 30.3 Å². The van der Waals surface area contributed by atoms with E-state index >= 15 is 0 Å². The summed E-state index contributed by atoms with van der Waals surface area (Å²) in [5.41, 5.74) is 5.93. The van der Waals surface area contributed by atoms with Gasteiger partial charge >= 0.3 is 0 Å². The van der Waals surface area contributed by atoms with Crippen molar-refractivity contribution >= 4 is 24.3 Å². The highest BCUT2D eigenvalue weighted by atomic mass is 16.5. The highest BCUT2D eigenvalue weighted by molar-refractivity contribution is 6.44. The Morgan fingerprint density at radius 3 is 2.30 bits per heavy atom.